The Labute approximate surface area is 103 Å². The van der Waals surface area contributed by atoms with Crippen molar-refractivity contribution in [2.75, 3.05) is 13.2 Å². The molecule has 0 atom stereocenters. The molecule has 1 aromatic rings. The molecule has 1 rings (SSSR count). The molecule has 3 nitrogen and oxygen atoms in total. The van der Waals surface area contributed by atoms with Crippen molar-refractivity contribution in [1.82, 2.24) is 0 Å². The van der Waals surface area contributed by atoms with E-state index in [1.165, 1.54) is 6.07 Å². The number of alkyl halides is 3. The first-order valence-corrected chi connectivity index (χ1v) is 5.40. The summed E-state index contributed by atoms with van der Waals surface area (Å²) >= 11 is 0. The fourth-order valence-corrected chi connectivity index (χ4v) is 1.34. The third-order valence-electron chi connectivity index (χ3n) is 2.06. The van der Waals surface area contributed by atoms with Crippen LogP contribution in [0.2, 0.25) is 0 Å². The van der Waals surface area contributed by atoms with Crippen molar-refractivity contribution in [3.05, 3.63) is 29.3 Å². The van der Waals surface area contributed by atoms with Gasteiger partial charge in [-0.2, -0.15) is 13.2 Å². The van der Waals surface area contributed by atoms with Crippen LogP contribution in [0.4, 0.5) is 13.2 Å². The van der Waals surface area contributed by atoms with Gasteiger partial charge in [-0.25, -0.2) is 4.79 Å². The molecule has 0 saturated carbocycles. The van der Waals surface area contributed by atoms with Gasteiger partial charge < -0.3 is 9.47 Å². The van der Waals surface area contributed by atoms with Gasteiger partial charge >= 0.3 is 12.1 Å². The monoisotopic (exact) mass is 262 g/mol. The molecule has 0 unspecified atom stereocenters. The van der Waals surface area contributed by atoms with Crippen molar-refractivity contribution in [2.45, 2.75) is 20.0 Å². The summed E-state index contributed by atoms with van der Waals surface area (Å²) in [4.78, 5) is 11.4. The summed E-state index contributed by atoms with van der Waals surface area (Å²) in [5.41, 5.74) is -1.10. The fourth-order valence-electron chi connectivity index (χ4n) is 1.34. The Hall–Kier alpha value is -1.72. The summed E-state index contributed by atoms with van der Waals surface area (Å²) in [6, 6.07) is 2.84. The lowest BCUT2D eigenvalue weighted by Crippen LogP contribution is -2.10. The SMILES string of the molecule is CCOC(=O)c1cc(OCC)cc(C(F)(F)F)c1. The molecule has 0 fully saturated rings. The number of halogens is 3. The van der Waals surface area contributed by atoms with Crippen LogP contribution in [0, 0.1) is 0 Å². The molecule has 0 aromatic heterocycles. The third-order valence-corrected chi connectivity index (χ3v) is 2.06. The number of hydrogen-bond acceptors (Lipinski definition) is 3. The van der Waals surface area contributed by atoms with E-state index in [1.54, 1.807) is 13.8 Å². The topological polar surface area (TPSA) is 35.5 Å². The minimum Gasteiger partial charge on any atom is -0.494 e. The van der Waals surface area contributed by atoms with E-state index in [0.717, 1.165) is 12.1 Å². The predicted molar refractivity (Wildman–Crippen MR) is 58.6 cm³/mol. The molecule has 0 radical (unpaired) electrons. The zero-order chi connectivity index (χ0) is 13.8. The molecule has 0 spiro atoms. The molecule has 6 heteroatoms. The average Bonchev–Trinajstić information content (AvgIpc) is 2.28. The highest BCUT2D eigenvalue weighted by Crippen LogP contribution is 2.32. The van der Waals surface area contributed by atoms with E-state index in [4.69, 9.17) is 4.74 Å². The smallest absolute Gasteiger partial charge is 0.416 e. The van der Waals surface area contributed by atoms with Gasteiger partial charge in [0.2, 0.25) is 0 Å². The van der Waals surface area contributed by atoms with Crippen LogP contribution in [0.25, 0.3) is 0 Å². The van der Waals surface area contributed by atoms with Gasteiger partial charge in [-0.05, 0) is 32.0 Å². The Morgan fingerprint density at radius 1 is 1.17 bits per heavy atom. The van der Waals surface area contributed by atoms with Crippen LogP contribution < -0.4 is 4.74 Å². The van der Waals surface area contributed by atoms with E-state index >= 15 is 0 Å². The summed E-state index contributed by atoms with van der Waals surface area (Å²) < 4.78 is 47.6. The normalized spacial score (nSPS) is 11.2. The molecule has 100 valence electrons. The highest BCUT2D eigenvalue weighted by atomic mass is 19.4. The highest BCUT2D eigenvalue weighted by molar-refractivity contribution is 5.90. The van der Waals surface area contributed by atoms with Gasteiger partial charge in [0.1, 0.15) is 5.75 Å². The largest absolute Gasteiger partial charge is 0.494 e. The second-order valence-electron chi connectivity index (χ2n) is 3.40. The molecular weight excluding hydrogens is 249 g/mol. The van der Waals surface area contributed by atoms with Crippen molar-refractivity contribution in [2.24, 2.45) is 0 Å². The van der Waals surface area contributed by atoms with Crippen LogP contribution >= 0.6 is 0 Å². The molecule has 0 aliphatic carbocycles. The molecule has 0 heterocycles. The summed E-state index contributed by atoms with van der Waals surface area (Å²) in [5.74, 6) is -0.806. The lowest BCUT2D eigenvalue weighted by Gasteiger charge is -2.12. The maximum atomic E-state index is 12.6. The van der Waals surface area contributed by atoms with Gasteiger partial charge in [0.05, 0.1) is 24.3 Å². The first kappa shape index (κ1) is 14.3. The first-order valence-electron chi connectivity index (χ1n) is 5.40. The predicted octanol–water partition coefficient (Wildman–Crippen LogP) is 3.28. The van der Waals surface area contributed by atoms with E-state index < -0.39 is 17.7 Å². The van der Waals surface area contributed by atoms with E-state index in [9.17, 15) is 18.0 Å². The number of hydrogen-bond donors (Lipinski definition) is 0. The van der Waals surface area contributed by atoms with Gasteiger partial charge in [0.15, 0.2) is 0 Å². The maximum Gasteiger partial charge on any atom is 0.416 e. The second-order valence-corrected chi connectivity index (χ2v) is 3.40. The zero-order valence-electron chi connectivity index (χ0n) is 10.0. The average molecular weight is 262 g/mol. The summed E-state index contributed by atoms with van der Waals surface area (Å²) in [7, 11) is 0. The molecule has 0 aliphatic rings. The van der Waals surface area contributed by atoms with E-state index in [2.05, 4.69) is 4.74 Å². The minimum atomic E-state index is -4.53. The van der Waals surface area contributed by atoms with Crippen LogP contribution in [0.1, 0.15) is 29.8 Å². The van der Waals surface area contributed by atoms with Crippen molar-refractivity contribution in [3.63, 3.8) is 0 Å². The van der Waals surface area contributed by atoms with E-state index in [1.807, 2.05) is 0 Å². The molecular formula is C12H13F3O3. The summed E-state index contributed by atoms with van der Waals surface area (Å²) in [6.45, 7) is 3.53. The van der Waals surface area contributed by atoms with Crippen LogP contribution in [0.5, 0.6) is 5.75 Å². The van der Waals surface area contributed by atoms with Gasteiger partial charge in [0.25, 0.3) is 0 Å². The molecule has 18 heavy (non-hydrogen) atoms. The highest BCUT2D eigenvalue weighted by Gasteiger charge is 2.32. The fraction of sp³-hybridized carbons (Fsp3) is 0.417. The lowest BCUT2D eigenvalue weighted by atomic mass is 10.1. The van der Waals surface area contributed by atoms with Crippen molar-refractivity contribution < 1.29 is 27.4 Å². The number of carbonyl (C=O) groups excluding carboxylic acids is 1. The Kier molecular flexibility index (Phi) is 4.58. The number of ether oxygens (including phenoxy) is 2. The Bertz CT molecular complexity index is 427. The van der Waals surface area contributed by atoms with Crippen molar-refractivity contribution >= 4 is 5.97 Å². The molecule has 0 N–H and O–H groups in total. The summed E-state index contributed by atoms with van der Waals surface area (Å²) in [5, 5.41) is 0. The van der Waals surface area contributed by atoms with Crippen LogP contribution in [-0.4, -0.2) is 19.2 Å². The maximum absolute atomic E-state index is 12.6. The van der Waals surface area contributed by atoms with E-state index in [0.29, 0.717) is 0 Å². The van der Waals surface area contributed by atoms with Gasteiger partial charge in [-0.1, -0.05) is 0 Å². The molecule has 0 aliphatic heterocycles. The zero-order valence-corrected chi connectivity index (χ0v) is 10.0. The van der Waals surface area contributed by atoms with Crippen LogP contribution in [-0.2, 0) is 10.9 Å². The van der Waals surface area contributed by atoms with Gasteiger partial charge in [-0.15, -0.1) is 0 Å². The standard InChI is InChI=1S/C12H13F3O3/c1-3-17-10-6-8(11(16)18-4-2)5-9(7-10)12(13,14)15/h5-7H,3-4H2,1-2H3. The Morgan fingerprint density at radius 2 is 1.83 bits per heavy atom. The van der Waals surface area contributed by atoms with Gasteiger partial charge in [0, 0.05) is 0 Å². The third kappa shape index (κ3) is 3.65. The number of benzene rings is 1. The molecule has 0 amide bonds. The Morgan fingerprint density at radius 3 is 2.33 bits per heavy atom. The number of esters is 1. The summed E-state index contributed by atoms with van der Waals surface area (Å²) in [6.07, 6.45) is -4.53. The van der Waals surface area contributed by atoms with Crippen molar-refractivity contribution in [3.8, 4) is 5.75 Å². The van der Waals surface area contributed by atoms with E-state index in [-0.39, 0.29) is 24.5 Å². The minimum absolute atomic E-state index is 0.00428. The number of carbonyl (C=O) groups is 1. The van der Waals surface area contributed by atoms with Crippen LogP contribution in [0.15, 0.2) is 18.2 Å². The molecule has 1 aromatic carbocycles. The van der Waals surface area contributed by atoms with Gasteiger partial charge in [-0.3, -0.25) is 0 Å². The van der Waals surface area contributed by atoms with Crippen molar-refractivity contribution in [1.29, 1.82) is 0 Å². The molecule has 0 bridgehead atoms. The second kappa shape index (κ2) is 5.75. The van der Waals surface area contributed by atoms with Crippen LogP contribution in [0.3, 0.4) is 0 Å². The quantitative estimate of drug-likeness (QED) is 0.781. The Balaban J connectivity index is 3.18. The number of rotatable bonds is 4. The molecule has 0 saturated heterocycles. The first-order chi connectivity index (χ1) is 8.38. The lowest BCUT2D eigenvalue weighted by molar-refractivity contribution is -0.137.